The average molecular weight is 275 g/mol. The van der Waals surface area contributed by atoms with Crippen LogP contribution in [0, 0.1) is 10.1 Å². The third-order valence-electron chi connectivity index (χ3n) is 2.60. The molecule has 104 valence electrons. The topological polar surface area (TPSA) is 101 Å². The number of nitrogens with two attached hydrogens (primary N) is 1. The number of benzene rings is 1. The van der Waals surface area contributed by atoms with Crippen molar-refractivity contribution in [1.82, 2.24) is 4.98 Å². The van der Waals surface area contributed by atoms with Gasteiger partial charge in [0.15, 0.2) is 11.5 Å². The van der Waals surface area contributed by atoms with Crippen molar-refractivity contribution in [3.05, 3.63) is 52.2 Å². The Morgan fingerprint density at radius 2 is 2.10 bits per heavy atom. The molecular formula is C13H13N3O4. The summed E-state index contributed by atoms with van der Waals surface area (Å²) < 4.78 is 10.6. The summed E-state index contributed by atoms with van der Waals surface area (Å²) in [6, 6.07) is 7.60. The standard InChI is InChI=1S/C13H13N3O4/c1-19-11-4-3-10(16(17)18)6-12(11)20-8-9-2-5-13(14)15-7-9/h2-7H,8H2,1H3,(H2,14,15). The minimum atomic E-state index is -0.489. The maximum atomic E-state index is 10.7. The second-order valence-electron chi connectivity index (χ2n) is 3.97. The summed E-state index contributed by atoms with van der Waals surface area (Å²) in [7, 11) is 1.47. The molecule has 0 amide bonds. The van der Waals surface area contributed by atoms with Gasteiger partial charge in [-0.3, -0.25) is 10.1 Å². The summed E-state index contributed by atoms with van der Waals surface area (Å²) in [6.45, 7) is 0.213. The number of rotatable bonds is 5. The molecule has 0 aliphatic carbocycles. The second kappa shape index (κ2) is 5.87. The van der Waals surface area contributed by atoms with Gasteiger partial charge in [-0.1, -0.05) is 6.07 Å². The molecule has 2 N–H and O–H groups in total. The molecule has 0 unspecified atom stereocenters. The number of anilines is 1. The molecule has 20 heavy (non-hydrogen) atoms. The molecule has 0 radical (unpaired) electrons. The summed E-state index contributed by atoms with van der Waals surface area (Å²) in [6.07, 6.45) is 1.58. The summed E-state index contributed by atoms with van der Waals surface area (Å²) in [5.74, 6) is 1.15. The highest BCUT2D eigenvalue weighted by molar-refractivity contribution is 5.48. The minimum Gasteiger partial charge on any atom is -0.493 e. The molecule has 0 fully saturated rings. The van der Waals surface area contributed by atoms with Gasteiger partial charge in [-0.2, -0.15) is 0 Å². The lowest BCUT2D eigenvalue weighted by Gasteiger charge is -2.10. The minimum absolute atomic E-state index is 0.0590. The van der Waals surface area contributed by atoms with Gasteiger partial charge in [-0.05, 0) is 12.1 Å². The van der Waals surface area contributed by atoms with Crippen molar-refractivity contribution in [3.8, 4) is 11.5 Å². The number of nitrogen functional groups attached to an aromatic ring is 1. The number of nitro groups is 1. The van der Waals surface area contributed by atoms with E-state index < -0.39 is 4.92 Å². The zero-order valence-electron chi connectivity index (χ0n) is 10.8. The highest BCUT2D eigenvalue weighted by Gasteiger charge is 2.12. The van der Waals surface area contributed by atoms with Crippen LogP contribution in [0.2, 0.25) is 0 Å². The third-order valence-corrected chi connectivity index (χ3v) is 2.60. The molecule has 1 aromatic carbocycles. The molecule has 1 aromatic heterocycles. The summed E-state index contributed by atoms with van der Waals surface area (Å²) in [5, 5.41) is 10.7. The fraction of sp³-hybridized carbons (Fsp3) is 0.154. The van der Waals surface area contributed by atoms with Crippen LogP contribution in [0.25, 0.3) is 0 Å². The fourth-order valence-electron chi connectivity index (χ4n) is 1.57. The summed E-state index contributed by atoms with van der Waals surface area (Å²) in [4.78, 5) is 14.2. The van der Waals surface area contributed by atoms with Gasteiger partial charge in [0.1, 0.15) is 12.4 Å². The molecule has 0 spiro atoms. The van der Waals surface area contributed by atoms with Crippen molar-refractivity contribution < 1.29 is 14.4 Å². The van der Waals surface area contributed by atoms with E-state index in [0.717, 1.165) is 5.56 Å². The van der Waals surface area contributed by atoms with E-state index in [2.05, 4.69) is 4.98 Å². The maximum absolute atomic E-state index is 10.7. The first-order valence-electron chi connectivity index (χ1n) is 5.76. The Kier molecular flexibility index (Phi) is 3.99. The Hall–Kier alpha value is -2.83. The lowest BCUT2D eigenvalue weighted by atomic mass is 10.2. The lowest BCUT2D eigenvalue weighted by Crippen LogP contribution is -2.00. The van der Waals surface area contributed by atoms with Crippen molar-refractivity contribution >= 4 is 11.5 Å². The summed E-state index contributed by atoms with van der Waals surface area (Å²) >= 11 is 0. The molecule has 2 rings (SSSR count). The normalized spacial score (nSPS) is 10.1. The van der Waals surface area contributed by atoms with Crippen molar-refractivity contribution in [2.24, 2.45) is 0 Å². The van der Waals surface area contributed by atoms with E-state index in [9.17, 15) is 10.1 Å². The van der Waals surface area contributed by atoms with E-state index in [1.165, 1.54) is 25.3 Å². The van der Waals surface area contributed by atoms with E-state index in [4.69, 9.17) is 15.2 Å². The van der Waals surface area contributed by atoms with Crippen molar-refractivity contribution in [1.29, 1.82) is 0 Å². The molecule has 0 aliphatic rings. The number of aromatic nitrogens is 1. The Morgan fingerprint density at radius 1 is 1.30 bits per heavy atom. The second-order valence-corrected chi connectivity index (χ2v) is 3.97. The van der Waals surface area contributed by atoms with E-state index in [0.29, 0.717) is 17.3 Å². The van der Waals surface area contributed by atoms with Crippen LogP contribution in [0.15, 0.2) is 36.5 Å². The number of ether oxygens (including phenoxy) is 2. The van der Waals surface area contributed by atoms with Gasteiger partial charge in [-0.15, -0.1) is 0 Å². The number of methoxy groups -OCH3 is 1. The Bertz CT molecular complexity index is 614. The van der Waals surface area contributed by atoms with Crippen molar-refractivity contribution in [3.63, 3.8) is 0 Å². The number of hydrogen-bond donors (Lipinski definition) is 1. The first-order chi connectivity index (χ1) is 9.60. The number of non-ortho nitro benzene ring substituents is 1. The van der Waals surface area contributed by atoms with E-state index in [-0.39, 0.29) is 12.3 Å². The Morgan fingerprint density at radius 3 is 2.70 bits per heavy atom. The molecule has 7 heteroatoms. The van der Waals surface area contributed by atoms with Gasteiger partial charge in [0.25, 0.3) is 5.69 Å². The third kappa shape index (κ3) is 3.14. The highest BCUT2D eigenvalue weighted by Crippen LogP contribution is 2.31. The smallest absolute Gasteiger partial charge is 0.273 e. The quantitative estimate of drug-likeness (QED) is 0.662. The summed E-state index contributed by atoms with van der Waals surface area (Å²) in [5.41, 5.74) is 6.23. The van der Waals surface area contributed by atoms with Crippen LogP contribution in [0.1, 0.15) is 5.56 Å². The van der Waals surface area contributed by atoms with E-state index >= 15 is 0 Å². The number of nitro benzene ring substituents is 1. The highest BCUT2D eigenvalue weighted by atomic mass is 16.6. The van der Waals surface area contributed by atoms with Gasteiger partial charge in [-0.25, -0.2) is 4.98 Å². The van der Waals surface area contributed by atoms with Gasteiger partial charge in [0.2, 0.25) is 0 Å². The molecule has 0 bridgehead atoms. The van der Waals surface area contributed by atoms with Crippen LogP contribution in [0.4, 0.5) is 11.5 Å². The molecule has 0 aliphatic heterocycles. The van der Waals surface area contributed by atoms with Crippen LogP contribution >= 0.6 is 0 Å². The number of pyridine rings is 1. The molecule has 2 aromatic rings. The van der Waals surface area contributed by atoms with E-state index in [1.54, 1.807) is 18.3 Å². The van der Waals surface area contributed by atoms with Gasteiger partial charge in [0.05, 0.1) is 18.1 Å². The first kappa shape index (κ1) is 13.6. The average Bonchev–Trinajstić information content (AvgIpc) is 2.46. The molecule has 1 heterocycles. The van der Waals surface area contributed by atoms with Crippen LogP contribution in [0.3, 0.4) is 0 Å². The molecule has 7 nitrogen and oxygen atoms in total. The number of nitrogens with zero attached hydrogens (tertiary/aromatic N) is 2. The molecule has 0 atom stereocenters. The van der Waals surface area contributed by atoms with Crippen molar-refractivity contribution in [2.75, 3.05) is 12.8 Å². The van der Waals surface area contributed by atoms with Gasteiger partial charge >= 0.3 is 0 Å². The molecule has 0 saturated carbocycles. The Labute approximate surface area is 115 Å². The predicted octanol–water partition coefficient (Wildman–Crippen LogP) is 2.16. The van der Waals surface area contributed by atoms with Crippen molar-refractivity contribution in [2.45, 2.75) is 6.61 Å². The Balaban J connectivity index is 2.16. The van der Waals surface area contributed by atoms with Crippen LogP contribution < -0.4 is 15.2 Å². The van der Waals surface area contributed by atoms with Crippen LogP contribution in [-0.2, 0) is 6.61 Å². The molecule has 0 saturated heterocycles. The monoisotopic (exact) mass is 275 g/mol. The van der Waals surface area contributed by atoms with E-state index in [1.807, 2.05) is 0 Å². The largest absolute Gasteiger partial charge is 0.493 e. The fourth-order valence-corrected chi connectivity index (χ4v) is 1.57. The van der Waals surface area contributed by atoms with Crippen LogP contribution in [-0.4, -0.2) is 17.0 Å². The zero-order chi connectivity index (χ0) is 14.5. The predicted molar refractivity (Wildman–Crippen MR) is 72.6 cm³/mol. The molecular weight excluding hydrogens is 262 g/mol. The lowest BCUT2D eigenvalue weighted by molar-refractivity contribution is -0.385. The van der Waals surface area contributed by atoms with Crippen LogP contribution in [0.5, 0.6) is 11.5 Å². The number of hydrogen-bond acceptors (Lipinski definition) is 6. The van der Waals surface area contributed by atoms with Gasteiger partial charge in [0, 0.05) is 17.8 Å². The SMILES string of the molecule is COc1ccc([N+](=O)[O-])cc1OCc1ccc(N)nc1. The first-order valence-corrected chi connectivity index (χ1v) is 5.76. The zero-order valence-corrected chi connectivity index (χ0v) is 10.8. The van der Waals surface area contributed by atoms with Gasteiger partial charge < -0.3 is 15.2 Å². The maximum Gasteiger partial charge on any atom is 0.273 e.